The molecule has 0 aliphatic carbocycles. The molecular formula is C19H23N3OS. The monoisotopic (exact) mass is 341 g/mol. The Bertz CT molecular complexity index is 628. The van der Waals surface area contributed by atoms with Crippen LogP contribution in [0.1, 0.15) is 0 Å². The summed E-state index contributed by atoms with van der Waals surface area (Å²) in [6.45, 7) is 4.52. The highest BCUT2D eigenvalue weighted by Gasteiger charge is 2.20. The van der Waals surface area contributed by atoms with Crippen LogP contribution in [0.2, 0.25) is 0 Å². The van der Waals surface area contributed by atoms with Crippen molar-refractivity contribution in [3.05, 3.63) is 60.7 Å². The lowest BCUT2D eigenvalue weighted by molar-refractivity contribution is 0.152. The Morgan fingerprint density at radius 1 is 0.917 bits per heavy atom. The highest BCUT2D eigenvalue weighted by Crippen LogP contribution is 2.17. The Kier molecular flexibility index (Phi) is 6.15. The van der Waals surface area contributed by atoms with Crippen molar-refractivity contribution in [1.29, 1.82) is 0 Å². The van der Waals surface area contributed by atoms with E-state index in [1.54, 1.807) is 0 Å². The minimum Gasteiger partial charge on any atom is -0.322 e. The molecule has 2 amide bonds. The summed E-state index contributed by atoms with van der Waals surface area (Å²) in [7, 11) is 0. The van der Waals surface area contributed by atoms with Crippen molar-refractivity contribution in [1.82, 2.24) is 9.80 Å². The number of hydrogen-bond acceptors (Lipinski definition) is 3. The quantitative estimate of drug-likeness (QED) is 0.844. The first-order chi connectivity index (χ1) is 11.8. The Balaban J connectivity index is 1.37. The second-order valence-electron chi connectivity index (χ2n) is 5.79. The molecular weight excluding hydrogens is 318 g/mol. The molecule has 0 aromatic heterocycles. The lowest BCUT2D eigenvalue weighted by Crippen LogP contribution is -2.50. The zero-order chi connectivity index (χ0) is 16.6. The first-order valence-electron chi connectivity index (χ1n) is 8.32. The van der Waals surface area contributed by atoms with Crippen molar-refractivity contribution in [3.63, 3.8) is 0 Å². The highest BCUT2D eigenvalue weighted by atomic mass is 32.2. The molecule has 0 bridgehead atoms. The number of carbonyl (C=O) groups is 1. The van der Waals surface area contributed by atoms with Gasteiger partial charge in [0.05, 0.1) is 0 Å². The first kappa shape index (κ1) is 16.9. The number of amides is 2. The molecule has 2 aromatic carbocycles. The summed E-state index contributed by atoms with van der Waals surface area (Å²) in [5.41, 5.74) is 0.851. The average molecular weight is 341 g/mol. The van der Waals surface area contributed by atoms with Crippen LogP contribution >= 0.6 is 11.8 Å². The van der Waals surface area contributed by atoms with Gasteiger partial charge in [-0.2, -0.15) is 0 Å². The molecule has 1 fully saturated rings. The van der Waals surface area contributed by atoms with Crippen LogP contribution in [0.25, 0.3) is 0 Å². The van der Waals surface area contributed by atoms with Crippen LogP contribution in [0.3, 0.4) is 0 Å². The molecule has 5 heteroatoms. The summed E-state index contributed by atoms with van der Waals surface area (Å²) in [5.74, 6) is 1.08. The van der Waals surface area contributed by atoms with E-state index in [9.17, 15) is 4.79 Å². The molecule has 0 radical (unpaired) electrons. The molecule has 1 saturated heterocycles. The fourth-order valence-corrected chi connectivity index (χ4v) is 3.64. The Labute approximate surface area is 147 Å². The number of rotatable bonds is 5. The second-order valence-corrected chi connectivity index (χ2v) is 6.95. The van der Waals surface area contributed by atoms with E-state index in [0.717, 1.165) is 44.2 Å². The van der Waals surface area contributed by atoms with E-state index in [1.165, 1.54) is 4.90 Å². The van der Waals surface area contributed by atoms with Gasteiger partial charge in [-0.25, -0.2) is 4.79 Å². The normalized spacial score (nSPS) is 15.2. The van der Waals surface area contributed by atoms with Gasteiger partial charge in [-0.3, -0.25) is 4.90 Å². The van der Waals surface area contributed by atoms with Crippen molar-refractivity contribution in [2.24, 2.45) is 0 Å². The van der Waals surface area contributed by atoms with Gasteiger partial charge in [0.2, 0.25) is 0 Å². The number of piperazine rings is 1. The highest BCUT2D eigenvalue weighted by molar-refractivity contribution is 7.99. The maximum atomic E-state index is 12.3. The van der Waals surface area contributed by atoms with E-state index in [4.69, 9.17) is 0 Å². The lowest BCUT2D eigenvalue weighted by Gasteiger charge is -2.34. The van der Waals surface area contributed by atoms with Gasteiger partial charge in [-0.1, -0.05) is 36.4 Å². The lowest BCUT2D eigenvalue weighted by atomic mass is 10.3. The number of carbonyl (C=O) groups excluding carboxylic acids is 1. The second kappa shape index (κ2) is 8.76. The fourth-order valence-electron chi connectivity index (χ4n) is 2.71. The van der Waals surface area contributed by atoms with E-state index in [2.05, 4.69) is 34.5 Å². The van der Waals surface area contributed by atoms with E-state index in [0.29, 0.717) is 0 Å². The number of nitrogens with one attached hydrogen (secondary N) is 1. The predicted molar refractivity (Wildman–Crippen MR) is 101 cm³/mol. The van der Waals surface area contributed by atoms with Gasteiger partial charge in [0.1, 0.15) is 0 Å². The molecule has 4 nitrogen and oxygen atoms in total. The largest absolute Gasteiger partial charge is 0.322 e. The van der Waals surface area contributed by atoms with Crippen LogP contribution < -0.4 is 5.32 Å². The molecule has 0 unspecified atom stereocenters. The van der Waals surface area contributed by atoms with Crippen LogP contribution in [0.15, 0.2) is 65.6 Å². The van der Waals surface area contributed by atoms with Crippen LogP contribution in [0, 0.1) is 0 Å². The summed E-state index contributed by atoms with van der Waals surface area (Å²) >= 11 is 1.89. The number of anilines is 1. The molecule has 3 rings (SSSR count). The van der Waals surface area contributed by atoms with Crippen molar-refractivity contribution in [3.8, 4) is 0 Å². The van der Waals surface area contributed by atoms with Crippen LogP contribution in [0.5, 0.6) is 0 Å². The standard InChI is InChI=1S/C19H23N3OS/c23-19(20-17-7-3-1-4-8-17)22-13-11-21(12-14-22)15-16-24-18-9-5-2-6-10-18/h1-10H,11-16H2,(H,20,23). The van der Waals surface area contributed by atoms with Crippen molar-refractivity contribution in [2.75, 3.05) is 43.8 Å². The molecule has 1 aliphatic rings. The molecule has 1 N–H and O–H groups in total. The third kappa shape index (κ3) is 5.01. The zero-order valence-electron chi connectivity index (χ0n) is 13.7. The molecule has 0 spiro atoms. The van der Waals surface area contributed by atoms with Crippen LogP contribution in [0.4, 0.5) is 10.5 Å². The molecule has 0 atom stereocenters. The van der Waals surface area contributed by atoms with Crippen LogP contribution in [-0.4, -0.2) is 54.3 Å². The van der Waals surface area contributed by atoms with Crippen molar-refractivity contribution in [2.45, 2.75) is 4.90 Å². The van der Waals surface area contributed by atoms with E-state index in [-0.39, 0.29) is 6.03 Å². The first-order valence-corrected chi connectivity index (χ1v) is 9.31. The molecule has 1 heterocycles. The zero-order valence-corrected chi connectivity index (χ0v) is 14.5. The molecule has 2 aromatic rings. The van der Waals surface area contributed by atoms with Gasteiger partial charge >= 0.3 is 6.03 Å². The maximum absolute atomic E-state index is 12.3. The third-order valence-electron chi connectivity index (χ3n) is 4.10. The Hall–Kier alpha value is -1.98. The average Bonchev–Trinajstić information content (AvgIpc) is 2.64. The Morgan fingerprint density at radius 2 is 1.54 bits per heavy atom. The maximum Gasteiger partial charge on any atom is 0.321 e. The van der Waals surface area contributed by atoms with E-state index < -0.39 is 0 Å². The fraction of sp³-hybridized carbons (Fsp3) is 0.316. The summed E-state index contributed by atoms with van der Waals surface area (Å²) in [6, 6.07) is 20.1. The van der Waals surface area contributed by atoms with Gasteiger partial charge in [0.25, 0.3) is 0 Å². The number of nitrogens with zero attached hydrogens (tertiary/aromatic N) is 2. The van der Waals surface area contributed by atoms with Crippen molar-refractivity contribution >= 4 is 23.5 Å². The Morgan fingerprint density at radius 3 is 2.21 bits per heavy atom. The number of hydrogen-bond donors (Lipinski definition) is 1. The van der Waals surface area contributed by atoms with E-state index >= 15 is 0 Å². The number of benzene rings is 2. The summed E-state index contributed by atoms with van der Waals surface area (Å²) in [6.07, 6.45) is 0. The summed E-state index contributed by atoms with van der Waals surface area (Å²) in [5, 5.41) is 2.96. The predicted octanol–water partition coefficient (Wildman–Crippen LogP) is 3.63. The van der Waals surface area contributed by atoms with E-state index in [1.807, 2.05) is 53.1 Å². The van der Waals surface area contributed by atoms with Crippen molar-refractivity contribution < 1.29 is 4.79 Å². The number of urea groups is 1. The smallest absolute Gasteiger partial charge is 0.321 e. The number of thioether (sulfide) groups is 1. The van der Waals surface area contributed by atoms with Crippen LogP contribution in [-0.2, 0) is 0 Å². The van der Waals surface area contributed by atoms with Gasteiger partial charge in [0, 0.05) is 49.1 Å². The molecule has 1 aliphatic heterocycles. The topological polar surface area (TPSA) is 35.6 Å². The SMILES string of the molecule is O=C(Nc1ccccc1)N1CCN(CCSc2ccccc2)CC1. The van der Waals surface area contributed by atoms with Gasteiger partial charge in [-0.05, 0) is 24.3 Å². The number of para-hydroxylation sites is 1. The van der Waals surface area contributed by atoms with Gasteiger partial charge in [-0.15, -0.1) is 11.8 Å². The minimum absolute atomic E-state index is 0.000453. The molecule has 126 valence electrons. The van der Waals surface area contributed by atoms with Gasteiger partial charge < -0.3 is 10.2 Å². The summed E-state index contributed by atoms with van der Waals surface area (Å²) < 4.78 is 0. The van der Waals surface area contributed by atoms with Gasteiger partial charge in [0.15, 0.2) is 0 Å². The minimum atomic E-state index is -0.000453. The molecule has 0 saturated carbocycles. The summed E-state index contributed by atoms with van der Waals surface area (Å²) in [4.78, 5) is 17.9. The third-order valence-corrected chi connectivity index (χ3v) is 5.10. The molecule has 24 heavy (non-hydrogen) atoms.